The number of nitrogens with one attached hydrogen (secondary N) is 4. The Morgan fingerprint density at radius 2 is 1.73 bits per heavy atom. The number of hydrogen-bond donors (Lipinski definition) is 6. The van der Waals surface area contributed by atoms with Gasteiger partial charge in [0.25, 0.3) is 0 Å². The maximum atomic E-state index is 13.5. The van der Waals surface area contributed by atoms with E-state index in [4.69, 9.17) is 5.73 Å². The Morgan fingerprint density at radius 1 is 1.00 bits per heavy atom. The van der Waals surface area contributed by atoms with Crippen LogP contribution in [0.2, 0.25) is 0 Å². The predicted octanol–water partition coefficient (Wildman–Crippen LogP) is 1.58. The Morgan fingerprint density at radius 3 is 2.44 bits per heavy atom. The molecule has 10 heteroatoms. The minimum Gasteiger partial charge on any atom is -0.508 e. The third-order valence-electron chi connectivity index (χ3n) is 7.10. The number of hydrogen-bond acceptors (Lipinski definition) is 6. The quantitative estimate of drug-likeness (QED) is 0.312. The summed E-state index contributed by atoms with van der Waals surface area (Å²) in [7, 11) is 0. The maximum Gasteiger partial charge on any atom is 0.243 e. The number of amides is 4. The molecule has 0 spiro atoms. The van der Waals surface area contributed by atoms with Gasteiger partial charge in [0.1, 0.15) is 17.8 Å². The Balaban J connectivity index is 1.81. The van der Waals surface area contributed by atoms with Crippen molar-refractivity contribution in [3.8, 4) is 5.75 Å². The molecule has 1 unspecified atom stereocenters. The van der Waals surface area contributed by atoms with Crippen molar-refractivity contribution in [2.75, 3.05) is 13.1 Å². The van der Waals surface area contributed by atoms with Gasteiger partial charge in [-0.15, -0.1) is 0 Å². The summed E-state index contributed by atoms with van der Waals surface area (Å²) in [6, 6.07) is 11.8. The molecule has 3 atom stereocenters. The second-order valence-corrected chi connectivity index (χ2v) is 11.6. The molecule has 1 saturated heterocycles. The number of aromatic hydroxyl groups is 1. The van der Waals surface area contributed by atoms with Crippen LogP contribution in [0.4, 0.5) is 0 Å². The number of carbonyl (C=O) groups is 4. The fourth-order valence-corrected chi connectivity index (χ4v) is 4.75. The molecule has 2 aromatic rings. The Labute approximate surface area is 241 Å². The van der Waals surface area contributed by atoms with Gasteiger partial charge in [-0.1, -0.05) is 63.2 Å². The van der Waals surface area contributed by atoms with Crippen LogP contribution >= 0.6 is 0 Å². The zero-order valence-electron chi connectivity index (χ0n) is 24.2. The van der Waals surface area contributed by atoms with Crippen LogP contribution in [0.3, 0.4) is 0 Å². The van der Waals surface area contributed by atoms with Gasteiger partial charge in [0.15, 0.2) is 0 Å². The molecule has 222 valence electrons. The molecule has 1 fully saturated rings. The van der Waals surface area contributed by atoms with Gasteiger partial charge in [0, 0.05) is 25.9 Å². The zero-order chi connectivity index (χ0) is 30.0. The van der Waals surface area contributed by atoms with Gasteiger partial charge >= 0.3 is 0 Å². The number of carbonyl (C=O) groups excluding carboxylic acids is 4. The first-order chi connectivity index (χ1) is 19.4. The summed E-state index contributed by atoms with van der Waals surface area (Å²) in [6.45, 7) is 6.48. The molecule has 3 rings (SSSR count). The van der Waals surface area contributed by atoms with E-state index in [9.17, 15) is 24.3 Å². The van der Waals surface area contributed by atoms with Gasteiger partial charge in [0.05, 0.1) is 6.04 Å². The second kappa shape index (κ2) is 14.6. The minimum absolute atomic E-state index is 0.119. The Kier molecular flexibility index (Phi) is 11.3. The van der Waals surface area contributed by atoms with Crippen LogP contribution in [0.25, 0.3) is 0 Å². The van der Waals surface area contributed by atoms with Crippen LogP contribution in [0.15, 0.2) is 48.5 Å². The van der Waals surface area contributed by atoms with E-state index in [0.29, 0.717) is 32.2 Å². The Bertz CT molecular complexity index is 1210. The van der Waals surface area contributed by atoms with E-state index in [1.165, 1.54) is 0 Å². The lowest BCUT2D eigenvalue weighted by Gasteiger charge is -2.26. The molecular formula is C31H43N5O5. The predicted molar refractivity (Wildman–Crippen MR) is 157 cm³/mol. The van der Waals surface area contributed by atoms with Crippen molar-refractivity contribution in [2.24, 2.45) is 5.73 Å². The van der Waals surface area contributed by atoms with Crippen LogP contribution in [0.1, 0.15) is 63.1 Å². The molecule has 0 bridgehead atoms. The van der Waals surface area contributed by atoms with Crippen molar-refractivity contribution in [3.05, 3.63) is 65.2 Å². The first-order valence-electron chi connectivity index (χ1n) is 14.2. The van der Waals surface area contributed by atoms with Gasteiger partial charge in [-0.05, 0) is 53.9 Å². The van der Waals surface area contributed by atoms with Crippen molar-refractivity contribution in [1.82, 2.24) is 21.3 Å². The van der Waals surface area contributed by atoms with E-state index in [0.717, 1.165) is 16.7 Å². The first-order valence-corrected chi connectivity index (χ1v) is 14.2. The number of phenols is 1. The van der Waals surface area contributed by atoms with Crippen LogP contribution in [0.5, 0.6) is 5.75 Å². The standard InChI is InChI=1S/C31H43N5O5/c1-31(2,3)22-17-21(12-13-26(22)37)19-25-29(40)34-16-14-27(38)33-15-8-7-11-24(30(41)36-25)35-28(39)23(32)18-20-9-5-4-6-10-20/h4-6,9-10,12-13,17,23-25,37H,7-8,11,14-16,18-19,32H2,1-3H3,(H,33,38)(H,34,40)(H,35,39)(H,36,41)/t23-,24+,25?/m1/s1. The van der Waals surface area contributed by atoms with E-state index < -0.39 is 35.8 Å². The van der Waals surface area contributed by atoms with Gasteiger partial charge in [-0.3, -0.25) is 19.2 Å². The van der Waals surface area contributed by atoms with Crippen molar-refractivity contribution in [3.63, 3.8) is 0 Å². The summed E-state index contributed by atoms with van der Waals surface area (Å²) in [5, 5.41) is 21.5. The molecule has 10 nitrogen and oxygen atoms in total. The summed E-state index contributed by atoms with van der Waals surface area (Å²) in [5.41, 5.74) is 8.21. The zero-order valence-corrected chi connectivity index (χ0v) is 24.2. The summed E-state index contributed by atoms with van der Waals surface area (Å²) in [4.78, 5) is 51.9. The largest absolute Gasteiger partial charge is 0.508 e. The fourth-order valence-electron chi connectivity index (χ4n) is 4.75. The lowest BCUT2D eigenvalue weighted by Crippen LogP contribution is -2.56. The third kappa shape index (κ3) is 9.89. The normalized spacial score (nSPS) is 20.1. The minimum atomic E-state index is -0.969. The highest BCUT2D eigenvalue weighted by atomic mass is 16.3. The van der Waals surface area contributed by atoms with E-state index in [-0.39, 0.29) is 36.5 Å². The molecule has 1 aliphatic heterocycles. The summed E-state index contributed by atoms with van der Waals surface area (Å²) in [5.74, 6) is -1.41. The molecule has 0 aliphatic carbocycles. The topological polar surface area (TPSA) is 163 Å². The summed E-state index contributed by atoms with van der Waals surface area (Å²) >= 11 is 0. The smallest absolute Gasteiger partial charge is 0.243 e. The van der Waals surface area contributed by atoms with Gasteiger partial charge in [-0.25, -0.2) is 0 Å². The lowest BCUT2D eigenvalue weighted by atomic mass is 9.84. The summed E-state index contributed by atoms with van der Waals surface area (Å²) < 4.78 is 0. The highest BCUT2D eigenvalue weighted by Gasteiger charge is 2.29. The maximum absolute atomic E-state index is 13.5. The SMILES string of the molecule is CC(C)(C)c1cc(CC2NC(=O)[C@@H](NC(=O)[C@H](N)Cc3ccccc3)CCCCNC(=O)CCNC2=O)ccc1O. The van der Waals surface area contributed by atoms with Crippen LogP contribution in [0, 0.1) is 0 Å². The van der Waals surface area contributed by atoms with Crippen LogP contribution in [-0.2, 0) is 37.4 Å². The lowest BCUT2D eigenvalue weighted by molar-refractivity contribution is -0.132. The van der Waals surface area contributed by atoms with Gasteiger partial charge in [0.2, 0.25) is 23.6 Å². The van der Waals surface area contributed by atoms with Crippen molar-refractivity contribution in [2.45, 2.75) is 82.8 Å². The van der Waals surface area contributed by atoms with Gasteiger partial charge in [-0.2, -0.15) is 0 Å². The molecule has 1 heterocycles. The number of rotatable bonds is 6. The van der Waals surface area contributed by atoms with Crippen molar-refractivity contribution in [1.29, 1.82) is 0 Å². The molecule has 4 amide bonds. The molecule has 41 heavy (non-hydrogen) atoms. The average Bonchev–Trinajstić information content (AvgIpc) is 2.92. The second-order valence-electron chi connectivity index (χ2n) is 11.6. The van der Waals surface area contributed by atoms with E-state index >= 15 is 0 Å². The average molecular weight is 566 g/mol. The molecule has 0 aromatic heterocycles. The highest BCUT2D eigenvalue weighted by molar-refractivity contribution is 5.93. The number of benzene rings is 2. The van der Waals surface area contributed by atoms with Crippen molar-refractivity contribution < 1.29 is 24.3 Å². The third-order valence-corrected chi connectivity index (χ3v) is 7.10. The molecule has 2 aromatic carbocycles. The molecule has 0 saturated carbocycles. The van der Waals surface area contributed by atoms with E-state index in [1.807, 2.05) is 57.2 Å². The molecule has 0 radical (unpaired) electrons. The number of phenolic OH excluding ortho intramolecular Hbond substituents is 1. The van der Waals surface area contributed by atoms with E-state index in [1.54, 1.807) is 12.1 Å². The molecular weight excluding hydrogens is 522 g/mol. The highest BCUT2D eigenvalue weighted by Crippen LogP contribution is 2.31. The van der Waals surface area contributed by atoms with E-state index in [2.05, 4.69) is 21.3 Å². The Hall–Kier alpha value is -3.92. The number of nitrogens with two attached hydrogens (primary N) is 1. The fraction of sp³-hybridized carbons (Fsp3) is 0.484. The monoisotopic (exact) mass is 565 g/mol. The first kappa shape index (κ1) is 31.6. The van der Waals surface area contributed by atoms with Crippen LogP contribution < -0.4 is 27.0 Å². The molecule has 7 N–H and O–H groups in total. The molecule has 1 aliphatic rings. The van der Waals surface area contributed by atoms with Crippen LogP contribution in [-0.4, -0.2) is 60.0 Å². The summed E-state index contributed by atoms with van der Waals surface area (Å²) in [6.07, 6.45) is 2.10. The van der Waals surface area contributed by atoms with Gasteiger partial charge < -0.3 is 32.1 Å². The van der Waals surface area contributed by atoms with Crippen molar-refractivity contribution >= 4 is 23.6 Å².